The molecule has 0 amide bonds. The van der Waals surface area contributed by atoms with Crippen LogP contribution in [0.4, 0.5) is 0 Å². The van der Waals surface area contributed by atoms with E-state index in [1.165, 1.54) is 11.7 Å². The summed E-state index contributed by atoms with van der Waals surface area (Å²) in [4.78, 5) is 29.6. The van der Waals surface area contributed by atoms with Gasteiger partial charge in [0.25, 0.3) is 5.56 Å². The van der Waals surface area contributed by atoms with Crippen molar-refractivity contribution in [3.63, 3.8) is 0 Å². The van der Waals surface area contributed by atoms with Gasteiger partial charge in [0.2, 0.25) is 0 Å². The maximum atomic E-state index is 13.1. The molecule has 2 heterocycles. The van der Waals surface area contributed by atoms with Crippen molar-refractivity contribution in [3.8, 4) is 16.9 Å². The summed E-state index contributed by atoms with van der Waals surface area (Å²) in [6.07, 6.45) is 2.36. The second-order valence-electron chi connectivity index (χ2n) is 6.77. The SMILES string of the molecule is COc1ccccc1-c1c(C(=O)O)c(=O)n(CCC(C)C)c2ncccc12. The molecule has 27 heavy (non-hydrogen) atoms. The number of aryl methyl sites for hydroxylation is 1. The standard InChI is InChI=1S/C21H22N2O4/c1-13(2)10-12-23-19-15(8-6-11-22-19)17(18(20(23)24)21(25)26)14-7-4-5-9-16(14)27-3/h4-9,11,13H,10,12H2,1-3H3,(H,25,26). The van der Waals surface area contributed by atoms with Gasteiger partial charge < -0.3 is 9.84 Å². The highest BCUT2D eigenvalue weighted by Gasteiger charge is 2.25. The number of carboxylic acids is 1. The number of ether oxygens (including phenoxy) is 1. The van der Waals surface area contributed by atoms with Crippen molar-refractivity contribution in [2.75, 3.05) is 7.11 Å². The van der Waals surface area contributed by atoms with Gasteiger partial charge in [-0.3, -0.25) is 9.36 Å². The summed E-state index contributed by atoms with van der Waals surface area (Å²) in [7, 11) is 1.52. The molecular weight excluding hydrogens is 344 g/mol. The first-order valence-corrected chi connectivity index (χ1v) is 8.84. The van der Waals surface area contributed by atoms with Crippen LogP contribution < -0.4 is 10.3 Å². The maximum absolute atomic E-state index is 13.1. The van der Waals surface area contributed by atoms with Gasteiger partial charge in [0.1, 0.15) is 17.0 Å². The number of hydrogen-bond acceptors (Lipinski definition) is 4. The molecule has 0 atom stereocenters. The average molecular weight is 366 g/mol. The van der Waals surface area contributed by atoms with Gasteiger partial charge in [-0.1, -0.05) is 32.0 Å². The molecule has 0 spiro atoms. The van der Waals surface area contributed by atoms with Crippen molar-refractivity contribution in [2.45, 2.75) is 26.8 Å². The average Bonchev–Trinajstić information content (AvgIpc) is 2.66. The Labute approximate surface area is 157 Å². The minimum absolute atomic E-state index is 0.260. The van der Waals surface area contributed by atoms with Crippen molar-refractivity contribution in [2.24, 2.45) is 5.92 Å². The first-order chi connectivity index (χ1) is 13.0. The van der Waals surface area contributed by atoms with Crippen molar-refractivity contribution < 1.29 is 14.6 Å². The molecule has 6 heteroatoms. The number of fused-ring (bicyclic) bond motifs is 1. The zero-order chi connectivity index (χ0) is 19.6. The number of pyridine rings is 2. The Morgan fingerprint density at radius 3 is 2.63 bits per heavy atom. The molecule has 1 aromatic carbocycles. The minimum atomic E-state index is -1.26. The van der Waals surface area contributed by atoms with Crippen molar-refractivity contribution >= 4 is 17.0 Å². The number of carboxylic acid groups (broad SMARTS) is 1. The Morgan fingerprint density at radius 2 is 1.96 bits per heavy atom. The van der Waals surface area contributed by atoms with E-state index in [4.69, 9.17) is 4.74 Å². The predicted octanol–water partition coefficient (Wildman–Crippen LogP) is 3.82. The Kier molecular flexibility index (Phi) is 5.26. The summed E-state index contributed by atoms with van der Waals surface area (Å²) in [5.41, 5.74) is 0.574. The second kappa shape index (κ2) is 7.61. The van der Waals surface area contributed by atoms with Gasteiger partial charge in [-0.25, -0.2) is 9.78 Å². The van der Waals surface area contributed by atoms with Gasteiger partial charge in [-0.2, -0.15) is 0 Å². The number of carbonyl (C=O) groups is 1. The number of nitrogens with zero attached hydrogens (tertiary/aromatic N) is 2. The molecule has 0 aliphatic carbocycles. The van der Waals surface area contributed by atoms with Crippen LogP contribution in [0.3, 0.4) is 0 Å². The highest BCUT2D eigenvalue weighted by atomic mass is 16.5. The van der Waals surface area contributed by atoms with E-state index in [0.29, 0.717) is 40.4 Å². The molecular formula is C21H22N2O4. The summed E-state index contributed by atoms with van der Waals surface area (Å²) < 4.78 is 6.88. The third-order valence-corrected chi connectivity index (χ3v) is 4.54. The van der Waals surface area contributed by atoms with Crippen LogP contribution in [0.1, 0.15) is 30.6 Å². The zero-order valence-corrected chi connectivity index (χ0v) is 15.6. The summed E-state index contributed by atoms with van der Waals surface area (Å²) in [6, 6.07) is 10.6. The van der Waals surface area contributed by atoms with E-state index in [-0.39, 0.29) is 5.56 Å². The first kappa shape index (κ1) is 18.6. The van der Waals surface area contributed by atoms with E-state index in [9.17, 15) is 14.7 Å². The molecule has 3 aromatic rings. The van der Waals surface area contributed by atoms with Crippen molar-refractivity contribution in [1.29, 1.82) is 0 Å². The fourth-order valence-corrected chi connectivity index (χ4v) is 3.20. The summed E-state index contributed by atoms with van der Waals surface area (Å²) >= 11 is 0. The molecule has 1 N–H and O–H groups in total. The molecule has 140 valence electrons. The van der Waals surface area contributed by atoms with E-state index in [1.54, 1.807) is 42.6 Å². The van der Waals surface area contributed by atoms with E-state index < -0.39 is 11.5 Å². The largest absolute Gasteiger partial charge is 0.496 e. The zero-order valence-electron chi connectivity index (χ0n) is 15.6. The highest BCUT2D eigenvalue weighted by molar-refractivity contribution is 6.06. The van der Waals surface area contributed by atoms with Gasteiger partial charge in [-0.05, 0) is 30.5 Å². The first-order valence-electron chi connectivity index (χ1n) is 8.84. The van der Waals surface area contributed by atoms with Crippen LogP contribution >= 0.6 is 0 Å². The molecule has 0 saturated heterocycles. The third kappa shape index (κ3) is 3.43. The monoisotopic (exact) mass is 366 g/mol. The van der Waals surface area contributed by atoms with E-state index >= 15 is 0 Å². The predicted molar refractivity (Wildman–Crippen MR) is 104 cm³/mol. The van der Waals surface area contributed by atoms with Crippen LogP contribution in [0.15, 0.2) is 47.4 Å². The lowest BCUT2D eigenvalue weighted by molar-refractivity contribution is 0.0695. The fourth-order valence-electron chi connectivity index (χ4n) is 3.20. The van der Waals surface area contributed by atoms with Crippen LogP contribution in [-0.2, 0) is 6.54 Å². The van der Waals surface area contributed by atoms with Gasteiger partial charge in [0.15, 0.2) is 0 Å². The number of benzene rings is 1. The molecule has 3 rings (SSSR count). The molecule has 0 unspecified atom stereocenters. The lowest BCUT2D eigenvalue weighted by Gasteiger charge is -2.17. The molecule has 0 saturated carbocycles. The molecule has 0 aliphatic heterocycles. The van der Waals surface area contributed by atoms with E-state index in [0.717, 1.165) is 6.42 Å². The second-order valence-corrected chi connectivity index (χ2v) is 6.77. The van der Waals surface area contributed by atoms with E-state index in [1.807, 2.05) is 0 Å². The lowest BCUT2D eigenvalue weighted by Crippen LogP contribution is -2.29. The van der Waals surface area contributed by atoms with Gasteiger partial charge in [0.05, 0.1) is 7.11 Å². The van der Waals surface area contributed by atoms with Crippen molar-refractivity contribution in [1.82, 2.24) is 9.55 Å². The molecule has 6 nitrogen and oxygen atoms in total. The smallest absolute Gasteiger partial charge is 0.342 e. The number of para-hydroxylation sites is 1. The summed E-state index contributed by atoms with van der Waals surface area (Å²) in [5, 5.41) is 10.5. The Hall–Kier alpha value is -3.15. The summed E-state index contributed by atoms with van der Waals surface area (Å²) in [5.74, 6) is -0.382. The van der Waals surface area contributed by atoms with Crippen molar-refractivity contribution in [3.05, 3.63) is 58.5 Å². The topological polar surface area (TPSA) is 81.4 Å². The van der Waals surface area contributed by atoms with Gasteiger partial charge in [-0.15, -0.1) is 0 Å². The Bertz CT molecular complexity index is 1050. The lowest BCUT2D eigenvalue weighted by atomic mass is 9.96. The van der Waals surface area contributed by atoms with Crippen LogP contribution in [0, 0.1) is 5.92 Å². The van der Waals surface area contributed by atoms with Crippen LogP contribution in [-0.4, -0.2) is 27.7 Å². The Balaban J connectivity index is 2.44. The number of hydrogen-bond donors (Lipinski definition) is 1. The summed E-state index contributed by atoms with van der Waals surface area (Å²) in [6.45, 7) is 4.53. The Morgan fingerprint density at radius 1 is 1.22 bits per heavy atom. The third-order valence-electron chi connectivity index (χ3n) is 4.54. The van der Waals surface area contributed by atoms with Crippen LogP contribution in [0.2, 0.25) is 0 Å². The maximum Gasteiger partial charge on any atom is 0.342 e. The molecule has 0 bridgehead atoms. The van der Waals surface area contributed by atoms with Crippen LogP contribution in [0.5, 0.6) is 5.75 Å². The van der Waals surface area contributed by atoms with Gasteiger partial charge in [0, 0.05) is 29.3 Å². The molecule has 2 aromatic heterocycles. The number of aromatic carboxylic acids is 1. The molecule has 0 aliphatic rings. The quantitative estimate of drug-likeness (QED) is 0.717. The van der Waals surface area contributed by atoms with Gasteiger partial charge >= 0.3 is 5.97 Å². The molecule has 0 radical (unpaired) electrons. The minimum Gasteiger partial charge on any atom is -0.496 e. The fraction of sp³-hybridized carbons (Fsp3) is 0.286. The highest BCUT2D eigenvalue weighted by Crippen LogP contribution is 2.36. The number of methoxy groups -OCH3 is 1. The van der Waals surface area contributed by atoms with Crippen LogP contribution in [0.25, 0.3) is 22.2 Å². The number of rotatable bonds is 6. The molecule has 0 fully saturated rings. The normalized spacial score (nSPS) is 11.1. The van der Waals surface area contributed by atoms with E-state index in [2.05, 4.69) is 18.8 Å². The number of aromatic nitrogens is 2.